The van der Waals surface area contributed by atoms with Gasteiger partial charge in [0.2, 0.25) is 0 Å². The van der Waals surface area contributed by atoms with Crippen molar-refractivity contribution in [3.63, 3.8) is 0 Å². The molecule has 2 aromatic rings. The monoisotopic (exact) mass is 249 g/mol. The highest BCUT2D eigenvalue weighted by atomic mass is 32.2. The molecule has 0 saturated heterocycles. The van der Waals surface area contributed by atoms with Gasteiger partial charge in [-0.2, -0.15) is 0 Å². The quantitative estimate of drug-likeness (QED) is 0.904. The first-order valence-corrected chi connectivity index (χ1v) is 6.05. The van der Waals surface area contributed by atoms with Gasteiger partial charge in [0.25, 0.3) is 0 Å². The Hall–Kier alpha value is -1.39. The van der Waals surface area contributed by atoms with Crippen LogP contribution in [0.15, 0.2) is 52.5 Å². The zero-order valence-corrected chi connectivity index (χ0v) is 10.1. The first-order chi connectivity index (χ1) is 8.16. The van der Waals surface area contributed by atoms with E-state index in [1.54, 1.807) is 43.5 Å². The van der Waals surface area contributed by atoms with Crippen molar-refractivity contribution in [3.8, 4) is 0 Å². The van der Waals surface area contributed by atoms with E-state index in [4.69, 9.17) is 0 Å². The second-order valence-corrected chi connectivity index (χ2v) is 4.70. The predicted molar refractivity (Wildman–Crippen MR) is 65.4 cm³/mol. The van der Waals surface area contributed by atoms with Crippen molar-refractivity contribution in [1.29, 1.82) is 0 Å². The Morgan fingerprint density at radius 2 is 2.00 bits per heavy atom. The Morgan fingerprint density at radius 3 is 2.59 bits per heavy atom. The molecule has 0 saturated carbocycles. The number of halogens is 1. The van der Waals surface area contributed by atoms with E-state index in [0.29, 0.717) is 9.92 Å². The van der Waals surface area contributed by atoms with Gasteiger partial charge in [0.1, 0.15) is 10.8 Å². The molecule has 1 N–H and O–H groups in total. The third-order valence-electron chi connectivity index (χ3n) is 2.29. The molecular formula is C13H12FNOS. The lowest BCUT2D eigenvalue weighted by Crippen LogP contribution is -1.92. The van der Waals surface area contributed by atoms with Crippen LogP contribution in [-0.4, -0.2) is 10.1 Å². The average molecular weight is 249 g/mol. The molecule has 2 nitrogen and oxygen atoms in total. The second-order valence-electron chi connectivity index (χ2n) is 3.64. The van der Waals surface area contributed by atoms with Gasteiger partial charge in [-0.25, -0.2) is 9.37 Å². The Kier molecular flexibility index (Phi) is 3.76. The lowest BCUT2D eigenvalue weighted by molar-refractivity contribution is 0.198. The summed E-state index contributed by atoms with van der Waals surface area (Å²) in [5.74, 6) is -0.251. The maximum absolute atomic E-state index is 13.4. The largest absolute Gasteiger partial charge is 0.389 e. The molecule has 0 bridgehead atoms. The number of rotatable bonds is 3. The smallest absolute Gasteiger partial charge is 0.137 e. The third kappa shape index (κ3) is 3.05. The van der Waals surface area contributed by atoms with Gasteiger partial charge >= 0.3 is 0 Å². The number of hydrogen-bond donors (Lipinski definition) is 1. The van der Waals surface area contributed by atoms with Crippen LogP contribution in [0.25, 0.3) is 0 Å². The summed E-state index contributed by atoms with van der Waals surface area (Å²) in [5, 5.41) is 10.0. The average Bonchev–Trinajstić information content (AvgIpc) is 2.33. The summed E-state index contributed by atoms with van der Waals surface area (Å²) in [6, 6.07) is 10.1. The number of aliphatic hydroxyl groups is 1. The van der Waals surface area contributed by atoms with E-state index in [1.807, 2.05) is 0 Å². The van der Waals surface area contributed by atoms with Crippen molar-refractivity contribution in [3.05, 3.63) is 54.0 Å². The molecule has 4 heteroatoms. The van der Waals surface area contributed by atoms with Crippen molar-refractivity contribution < 1.29 is 9.50 Å². The minimum absolute atomic E-state index is 0.251. The maximum Gasteiger partial charge on any atom is 0.137 e. The van der Waals surface area contributed by atoms with E-state index >= 15 is 0 Å². The summed E-state index contributed by atoms with van der Waals surface area (Å²) in [5.41, 5.74) is 0.753. The normalized spacial score (nSPS) is 12.4. The van der Waals surface area contributed by atoms with Crippen LogP contribution >= 0.6 is 11.8 Å². The predicted octanol–water partition coefficient (Wildman–Crippen LogP) is 3.43. The van der Waals surface area contributed by atoms with Crippen LogP contribution in [0.5, 0.6) is 0 Å². The standard InChI is InChI=1S/C13H12FNOS/c1-9(16)10-6-7-13(15-8-10)17-12-5-3-2-4-11(12)14/h2-9,16H,1H3/t9-/m1/s1. The highest BCUT2D eigenvalue weighted by Gasteiger charge is 2.05. The van der Waals surface area contributed by atoms with E-state index in [0.717, 1.165) is 5.56 Å². The first-order valence-electron chi connectivity index (χ1n) is 5.23. The third-order valence-corrected chi connectivity index (χ3v) is 3.29. The van der Waals surface area contributed by atoms with E-state index in [2.05, 4.69) is 4.98 Å². The van der Waals surface area contributed by atoms with E-state index in [9.17, 15) is 9.50 Å². The molecule has 0 radical (unpaired) electrons. The molecule has 17 heavy (non-hydrogen) atoms. The Balaban J connectivity index is 2.17. The number of pyridine rings is 1. The molecule has 1 heterocycles. The van der Waals surface area contributed by atoms with Crippen molar-refractivity contribution in [2.45, 2.75) is 22.9 Å². The molecule has 0 spiro atoms. The van der Waals surface area contributed by atoms with Gasteiger partial charge in [0.15, 0.2) is 0 Å². The lowest BCUT2D eigenvalue weighted by Gasteiger charge is -2.05. The van der Waals surface area contributed by atoms with Gasteiger partial charge in [-0.05, 0) is 30.7 Å². The Bertz CT molecular complexity index is 499. The molecule has 0 amide bonds. The van der Waals surface area contributed by atoms with Gasteiger partial charge < -0.3 is 5.11 Å². The summed E-state index contributed by atoms with van der Waals surface area (Å²) < 4.78 is 13.4. The molecule has 88 valence electrons. The van der Waals surface area contributed by atoms with Gasteiger partial charge in [-0.15, -0.1) is 0 Å². The fourth-order valence-electron chi connectivity index (χ4n) is 1.34. The van der Waals surface area contributed by atoms with Crippen LogP contribution in [0, 0.1) is 5.82 Å². The van der Waals surface area contributed by atoms with Crippen LogP contribution in [0.3, 0.4) is 0 Å². The SMILES string of the molecule is C[C@@H](O)c1ccc(Sc2ccccc2F)nc1. The van der Waals surface area contributed by atoms with Crippen LogP contribution in [0.2, 0.25) is 0 Å². The van der Waals surface area contributed by atoms with Crippen molar-refractivity contribution in [1.82, 2.24) is 4.98 Å². The van der Waals surface area contributed by atoms with Crippen LogP contribution in [0.4, 0.5) is 4.39 Å². The number of aliphatic hydroxyl groups excluding tert-OH is 1. The molecule has 0 unspecified atom stereocenters. The Morgan fingerprint density at radius 1 is 1.24 bits per heavy atom. The molecule has 0 aliphatic carbocycles. The zero-order chi connectivity index (χ0) is 12.3. The molecule has 1 aromatic heterocycles. The molecule has 0 fully saturated rings. The fourth-order valence-corrected chi connectivity index (χ4v) is 2.12. The van der Waals surface area contributed by atoms with Crippen molar-refractivity contribution in [2.24, 2.45) is 0 Å². The first kappa shape index (κ1) is 12.1. The van der Waals surface area contributed by atoms with E-state index < -0.39 is 6.10 Å². The minimum Gasteiger partial charge on any atom is -0.389 e. The number of hydrogen-bond acceptors (Lipinski definition) is 3. The van der Waals surface area contributed by atoms with Gasteiger partial charge in [-0.3, -0.25) is 0 Å². The molecular weight excluding hydrogens is 237 g/mol. The van der Waals surface area contributed by atoms with Gasteiger partial charge in [-0.1, -0.05) is 30.0 Å². The summed E-state index contributed by atoms with van der Waals surface area (Å²) in [6.45, 7) is 1.68. The summed E-state index contributed by atoms with van der Waals surface area (Å²) in [6.07, 6.45) is 1.07. The van der Waals surface area contributed by atoms with E-state index in [1.165, 1.54) is 17.8 Å². The molecule has 1 aromatic carbocycles. The highest BCUT2D eigenvalue weighted by Crippen LogP contribution is 2.28. The number of aromatic nitrogens is 1. The van der Waals surface area contributed by atoms with Gasteiger partial charge in [0, 0.05) is 11.1 Å². The number of nitrogens with zero attached hydrogens (tertiary/aromatic N) is 1. The molecule has 0 aliphatic rings. The summed E-state index contributed by atoms with van der Waals surface area (Å²) in [7, 11) is 0. The molecule has 2 rings (SSSR count). The maximum atomic E-state index is 13.4. The van der Waals surface area contributed by atoms with Crippen LogP contribution in [-0.2, 0) is 0 Å². The fraction of sp³-hybridized carbons (Fsp3) is 0.154. The number of benzene rings is 1. The summed E-state index contributed by atoms with van der Waals surface area (Å²) in [4.78, 5) is 4.72. The summed E-state index contributed by atoms with van der Waals surface area (Å²) >= 11 is 1.27. The zero-order valence-electron chi connectivity index (χ0n) is 9.30. The van der Waals surface area contributed by atoms with Crippen LogP contribution < -0.4 is 0 Å². The topological polar surface area (TPSA) is 33.1 Å². The van der Waals surface area contributed by atoms with E-state index in [-0.39, 0.29) is 5.82 Å². The second kappa shape index (κ2) is 5.29. The Labute approximate surface area is 104 Å². The molecule has 0 aliphatic heterocycles. The van der Waals surface area contributed by atoms with Crippen molar-refractivity contribution in [2.75, 3.05) is 0 Å². The van der Waals surface area contributed by atoms with Crippen LogP contribution in [0.1, 0.15) is 18.6 Å². The highest BCUT2D eigenvalue weighted by molar-refractivity contribution is 7.99. The van der Waals surface area contributed by atoms with Gasteiger partial charge in [0.05, 0.1) is 6.10 Å². The molecule has 1 atom stereocenters. The van der Waals surface area contributed by atoms with Crippen molar-refractivity contribution >= 4 is 11.8 Å². The lowest BCUT2D eigenvalue weighted by atomic mass is 10.2. The minimum atomic E-state index is -0.532.